The largest absolute Gasteiger partial charge is 0.394 e. The molecule has 1 atom stereocenters. The van der Waals surface area contributed by atoms with Crippen LogP contribution in [0.25, 0.3) is 0 Å². The molecule has 0 bridgehead atoms. The van der Waals surface area contributed by atoms with Gasteiger partial charge in [0.15, 0.2) is 0 Å². The quantitative estimate of drug-likeness (QED) is 0.883. The zero-order valence-corrected chi connectivity index (χ0v) is 11.5. The summed E-state index contributed by atoms with van der Waals surface area (Å²) >= 11 is 0. The molecule has 1 heterocycles. The van der Waals surface area contributed by atoms with Crippen LogP contribution in [0.2, 0.25) is 0 Å². The summed E-state index contributed by atoms with van der Waals surface area (Å²) < 4.78 is 0. The van der Waals surface area contributed by atoms with Gasteiger partial charge < -0.3 is 10.4 Å². The van der Waals surface area contributed by atoms with Crippen molar-refractivity contribution in [3.63, 3.8) is 0 Å². The topological polar surface area (TPSA) is 58.0 Å². The van der Waals surface area contributed by atoms with Gasteiger partial charge in [0.1, 0.15) is 0 Å². The third-order valence-corrected chi connectivity index (χ3v) is 3.10. The molecule has 0 aliphatic heterocycles. The molecule has 19 heavy (non-hydrogen) atoms. The average Bonchev–Trinajstić information content (AvgIpc) is 2.38. The molecule has 4 nitrogen and oxygen atoms in total. The van der Waals surface area contributed by atoms with Crippen molar-refractivity contribution in [1.82, 2.24) is 9.97 Å². The number of benzene rings is 1. The molecule has 0 saturated heterocycles. The molecule has 0 aliphatic carbocycles. The fourth-order valence-electron chi connectivity index (χ4n) is 2.04. The smallest absolute Gasteiger partial charge is 0.223 e. The molecular weight excluding hydrogens is 238 g/mol. The maximum atomic E-state index is 9.72. The van der Waals surface area contributed by atoms with Crippen LogP contribution in [-0.2, 0) is 5.54 Å². The summed E-state index contributed by atoms with van der Waals surface area (Å²) in [5.41, 5.74) is 2.22. The highest BCUT2D eigenvalue weighted by Gasteiger charge is 2.26. The van der Waals surface area contributed by atoms with Crippen molar-refractivity contribution in [2.24, 2.45) is 0 Å². The van der Waals surface area contributed by atoms with E-state index < -0.39 is 5.54 Å². The Balaban J connectivity index is 2.33. The molecule has 1 aromatic carbocycles. The summed E-state index contributed by atoms with van der Waals surface area (Å²) in [5.74, 6) is 0.540. The fraction of sp³-hybridized carbons (Fsp3) is 0.333. The Morgan fingerprint density at radius 2 is 1.68 bits per heavy atom. The molecule has 0 aliphatic rings. The number of hydrogen-bond acceptors (Lipinski definition) is 4. The van der Waals surface area contributed by atoms with Crippen LogP contribution in [0.15, 0.2) is 36.4 Å². The molecule has 0 radical (unpaired) electrons. The normalized spacial score (nSPS) is 13.9. The van der Waals surface area contributed by atoms with Gasteiger partial charge in [-0.2, -0.15) is 0 Å². The highest BCUT2D eigenvalue weighted by molar-refractivity contribution is 5.37. The minimum absolute atomic E-state index is 0.0344. The Kier molecular flexibility index (Phi) is 3.81. The Labute approximate surface area is 113 Å². The maximum absolute atomic E-state index is 9.72. The van der Waals surface area contributed by atoms with Crippen molar-refractivity contribution in [1.29, 1.82) is 0 Å². The van der Waals surface area contributed by atoms with Crippen molar-refractivity contribution in [2.45, 2.75) is 26.3 Å². The van der Waals surface area contributed by atoms with E-state index in [2.05, 4.69) is 15.3 Å². The molecular formula is C15H19N3O. The predicted octanol–water partition coefficient (Wildman–Crippen LogP) is 2.41. The summed E-state index contributed by atoms with van der Waals surface area (Å²) in [4.78, 5) is 8.72. The summed E-state index contributed by atoms with van der Waals surface area (Å²) in [7, 11) is 0. The van der Waals surface area contributed by atoms with E-state index in [0.717, 1.165) is 17.0 Å². The predicted molar refractivity (Wildman–Crippen MR) is 76.0 cm³/mol. The molecule has 0 fully saturated rings. The third-order valence-electron chi connectivity index (χ3n) is 3.10. The standard InChI is InChI=1S/C15H19N3O/c1-11-9-12(2)17-14(16-11)18-15(3,10-19)13-7-5-4-6-8-13/h4-9,19H,10H2,1-3H3,(H,16,17,18). The molecule has 1 unspecified atom stereocenters. The first-order chi connectivity index (χ1) is 9.03. The van der Waals surface area contributed by atoms with E-state index >= 15 is 0 Å². The number of hydrogen-bond donors (Lipinski definition) is 2. The molecule has 2 N–H and O–H groups in total. The second-order valence-corrected chi connectivity index (χ2v) is 4.96. The maximum Gasteiger partial charge on any atom is 0.223 e. The van der Waals surface area contributed by atoms with Gasteiger partial charge in [0.2, 0.25) is 5.95 Å². The number of aliphatic hydroxyl groups excluding tert-OH is 1. The van der Waals surface area contributed by atoms with Crippen LogP contribution in [0.3, 0.4) is 0 Å². The van der Waals surface area contributed by atoms with Gasteiger partial charge in [0.05, 0.1) is 12.1 Å². The second kappa shape index (κ2) is 5.36. The lowest BCUT2D eigenvalue weighted by molar-refractivity contribution is 0.223. The summed E-state index contributed by atoms with van der Waals surface area (Å²) in [6.07, 6.45) is 0. The zero-order valence-electron chi connectivity index (χ0n) is 11.5. The molecule has 0 saturated carbocycles. The first-order valence-electron chi connectivity index (χ1n) is 6.30. The molecule has 0 amide bonds. The number of anilines is 1. The van der Waals surface area contributed by atoms with Crippen LogP contribution in [0.4, 0.5) is 5.95 Å². The highest BCUT2D eigenvalue weighted by atomic mass is 16.3. The van der Waals surface area contributed by atoms with E-state index in [0.29, 0.717) is 5.95 Å². The molecule has 2 aromatic rings. The Morgan fingerprint density at radius 1 is 1.11 bits per heavy atom. The van der Waals surface area contributed by atoms with Crippen molar-refractivity contribution in [3.05, 3.63) is 53.3 Å². The van der Waals surface area contributed by atoms with Gasteiger partial charge in [-0.3, -0.25) is 0 Å². The van der Waals surface area contributed by atoms with Gasteiger partial charge in [-0.15, -0.1) is 0 Å². The Morgan fingerprint density at radius 3 is 2.21 bits per heavy atom. The van der Waals surface area contributed by atoms with Crippen molar-refractivity contribution in [3.8, 4) is 0 Å². The fourth-order valence-corrected chi connectivity index (χ4v) is 2.04. The van der Waals surface area contributed by atoms with Gasteiger partial charge in [0, 0.05) is 11.4 Å². The molecule has 2 rings (SSSR count). The summed E-state index contributed by atoms with van der Waals surface area (Å²) in [6.45, 7) is 5.76. The van der Waals surface area contributed by atoms with Gasteiger partial charge in [-0.1, -0.05) is 30.3 Å². The first kappa shape index (κ1) is 13.5. The monoisotopic (exact) mass is 257 g/mol. The lowest BCUT2D eigenvalue weighted by Crippen LogP contribution is -2.36. The van der Waals surface area contributed by atoms with Crippen LogP contribution in [0.1, 0.15) is 23.9 Å². The van der Waals surface area contributed by atoms with E-state index in [1.165, 1.54) is 0 Å². The minimum Gasteiger partial charge on any atom is -0.394 e. The summed E-state index contributed by atoms with van der Waals surface area (Å²) in [6, 6.07) is 11.7. The number of nitrogens with one attached hydrogen (secondary N) is 1. The van der Waals surface area contributed by atoms with Gasteiger partial charge in [-0.25, -0.2) is 9.97 Å². The second-order valence-electron chi connectivity index (χ2n) is 4.96. The number of aryl methyl sites for hydroxylation is 2. The molecule has 1 aromatic heterocycles. The van der Waals surface area contributed by atoms with Crippen LogP contribution >= 0.6 is 0 Å². The number of nitrogens with zero attached hydrogens (tertiary/aromatic N) is 2. The van der Waals surface area contributed by atoms with Gasteiger partial charge >= 0.3 is 0 Å². The lowest BCUT2D eigenvalue weighted by Gasteiger charge is -2.29. The lowest BCUT2D eigenvalue weighted by atomic mass is 9.93. The minimum atomic E-state index is -0.596. The van der Waals surface area contributed by atoms with Crippen molar-refractivity contribution in [2.75, 3.05) is 11.9 Å². The van der Waals surface area contributed by atoms with Crippen LogP contribution in [0.5, 0.6) is 0 Å². The first-order valence-corrected chi connectivity index (χ1v) is 6.30. The van der Waals surface area contributed by atoms with E-state index in [1.54, 1.807) is 0 Å². The number of aromatic nitrogens is 2. The van der Waals surface area contributed by atoms with Gasteiger partial charge in [0.25, 0.3) is 0 Å². The highest BCUT2D eigenvalue weighted by Crippen LogP contribution is 2.24. The molecule has 100 valence electrons. The molecule has 0 spiro atoms. The van der Waals surface area contributed by atoms with Crippen molar-refractivity contribution < 1.29 is 5.11 Å². The number of aliphatic hydroxyl groups is 1. The Hall–Kier alpha value is -1.94. The van der Waals surface area contributed by atoms with Gasteiger partial charge in [-0.05, 0) is 32.4 Å². The van der Waals surface area contributed by atoms with E-state index in [1.807, 2.05) is 57.2 Å². The van der Waals surface area contributed by atoms with Crippen molar-refractivity contribution >= 4 is 5.95 Å². The summed E-state index contributed by atoms with van der Waals surface area (Å²) in [5, 5.41) is 13.0. The average molecular weight is 257 g/mol. The third kappa shape index (κ3) is 3.09. The Bertz CT molecular complexity index is 536. The van der Waals surface area contributed by atoms with E-state index in [9.17, 15) is 5.11 Å². The zero-order chi connectivity index (χ0) is 13.9. The SMILES string of the molecule is Cc1cc(C)nc(NC(C)(CO)c2ccccc2)n1. The van der Waals surface area contributed by atoms with Crippen LogP contribution < -0.4 is 5.32 Å². The molecule has 4 heteroatoms. The van der Waals surface area contributed by atoms with Crippen LogP contribution in [0, 0.1) is 13.8 Å². The van der Waals surface area contributed by atoms with E-state index in [-0.39, 0.29) is 6.61 Å². The van der Waals surface area contributed by atoms with E-state index in [4.69, 9.17) is 0 Å². The number of rotatable bonds is 4. The van der Waals surface area contributed by atoms with Crippen LogP contribution in [-0.4, -0.2) is 21.7 Å².